The predicted octanol–water partition coefficient (Wildman–Crippen LogP) is 0.735. The van der Waals surface area contributed by atoms with Crippen molar-refractivity contribution in [2.24, 2.45) is 5.73 Å². The Balaban J connectivity index is 0.00000220. The fourth-order valence-electron chi connectivity index (χ4n) is 1.35. The van der Waals surface area contributed by atoms with Crippen molar-refractivity contribution in [3.63, 3.8) is 0 Å². The Morgan fingerprint density at radius 2 is 1.95 bits per heavy atom. The molecule has 0 fully saturated rings. The minimum Gasteiger partial charge on any atom is -0.412 e. The number of carbonyl (C=O) groups excluding carboxylic acids is 1. The van der Waals surface area contributed by atoms with Crippen LogP contribution in [0.3, 0.4) is 0 Å². The van der Waals surface area contributed by atoms with Crippen LogP contribution in [0, 0.1) is 0 Å². The minimum atomic E-state index is -0.630. The maximum atomic E-state index is 11.3. The van der Waals surface area contributed by atoms with Gasteiger partial charge in [-0.2, -0.15) is 5.10 Å². The average molecular weight is 392 g/mol. The van der Waals surface area contributed by atoms with Gasteiger partial charge in [-0.05, 0) is 19.1 Å². The zero-order valence-corrected chi connectivity index (χ0v) is 14.0. The van der Waals surface area contributed by atoms with Crippen LogP contribution in [0.1, 0.15) is 6.92 Å². The molecular formula is C12H16BrClN6O2. The number of hydrogen-bond donors (Lipinski definition) is 3. The number of aromatic nitrogens is 3. The summed E-state index contributed by atoms with van der Waals surface area (Å²) < 4.78 is 0. The van der Waals surface area contributed by atoms with E-state index in [0.717, 1.165) is 5.56 Å². The highest BCUT2D eigenvalue weighted by molar-refractivity contribution is 8.93. The van der Waals surface area contributed by atoms with Crippen LogP contribution in [0.25, 0.3) is 11.3 Å². The van der Waals surface area contributed by atoms with Gasteiger partial charge in [-0.25, -0.2) is 4.98 Å². The molecule has 6 N–H and O–H groups in total. The van der Waals surface area contributed by atoms with Crippen LogP contribution in [0.15, 0.2) is 30.5 Å². The van der Waals surface area contributed by atoms with E-state index < -0.39 is 6.04 Å². The van der Waals surface area contributed by atoms with Crippen LogP contribution < -0.4 is 16.6 Å². The van der Waals surface area contributed by atoms with Crippen molar-refractivity contribution in [2.45, 2.75) is 13.0 Å². The average Bonchev–Trinajstić information content (AvgIpc) is 2.45. The van der Waals surface area contributed by atoms with Gasteiger partial charge in [0.1, 0.15) is 0 Å². The Morgan fingerprint density at radius 3 is 2.55 bits per heavy atom. The summed E-state index contributed by atoms with van der Waals surface area (Å²) >= 11 is 5.82. The summed E-state index contributed by atoms with van der Waals surface area (Å²) in [6.07, 6.45) is 1.52. The second kappa shape index (κ2) is 9.26. The topological polar surface area (TPSA) is 137 Å². The van der Waals surface area contributed by atoms with E-state index in [1.54, 1.807) is 19.1 Å². The number of benzene rings is 1. The number of carbonyl (C=O) groups is 1. The molecule has 2 rings (SSSR count). The number of anilines is 1. The molecule has 0 aliphatic rings. The van der Waals surface area contributed by atoms with Crippen LogP contribution in [0.4, 0.5) is 5.95 Å². The molecule has 2 aromatic rings. The van der Waals surface area contributed by atoms with Gasteiger partial charge in [-0.1, -0.05) is 23.7 Å². The Bertz CT molecular complexity index is 611. The van der Waals surface area contributed by atoms with E-state index >= 15 is 0 Å². The van der Waals surface area contributed by atoms with Crippen molar-refractivity contribution in [1.82, 2.24) is 20.6 Å². The number of nitrogens with zero attached hydrogens (tertiary/aromatic N) is 3. The molecule has 0 spiro atoms. The molecule has 1 unspecified atom stereocenters. The Morgan fingerprint density at radius 1 is 1.32 bits per heavy atom. The van der Waals surface area contributed by atoms with Crippen molar-refractivity contribution >= 4 is 40.4 Å². The van der Waals surface area contributed by atoms with Crippen molar-refractivity contribution in [3.05, 3.63) is 35.5 Å². The number of amides is 1. The fraction of sp³-hybridized carbons (Fsp3) is 0.167. The van der Waals surface area contributed by atoms with E-state index in [-0.39, 0.29) is 34.3 Å². The van der Waals surface area contributed by atoms with Gasteiger partial charge in [0.25, 0.3) is 11.9 Å². The zero-order valence-electron chi connectivity index (χ0n) is 11.6. The second-order valence-electron chi connectivity index (χ2n) is 4.08. The molecule has 120 valence electrons. The number of hydrogen-bond acceptors (Lipinski definition) is 6. The molecule has 0 saturated heterocycles. The van der Waals surface area contributed by atoms with E-state index in [2.05, 4.69) is 26.0 Å². The highest BCUT2D eigenvalue weighted by atomic mass is 79.9. The van der Waals surface area contributed by atoms with E-state index in [0.29, 0.717) is 10.7 Å². The Kier molecular flexibility index (Phi) is 8.50. The lowest BCUT2D eigenvalue weighted by molar-refractivity contribution is -0.121. The molecule has 1 aromatic carbocycles. The first kappa shape index (κ1) is 20.2. The van der Waals surface area contributed by atoms with E-state index in [4.69, 9.17) is 17.3 Å². The highest BCUT2D eigenvalue weighted by Gasteiger charge is 2.08. The summed E-state index contributed by atoms with van der Waals surface area (Å²) in [4.78, 5) is 15.5. The smallest absolute Gasteiger partial charge is 0.262 e. The molecule has 0 aliphatic heterocycles. The molecular weight excluding hydrogens is 376 g/mol. The maximum absolute atomic E-state index is 11.3. The number of nitrogens with one attached hydrogen (secondary N) is 2. The van der Waals surface area contributed by atoms with Crippen molar-refractivity contribution < 1.29 is 10.3 Å². The number of rotatable bonds is 4. The molecule has 0 bridgehead atoms. The summed E-state index contributed by atoms with van der Waals surface area (Å²) in [7, 11) is 0. The van der Waals surface area contributed by atoms with E-state index in [1.807, 2.05) is 12.1 Å². The molecule has 1 amide bonds. The summed E-state index contributed by atoms with van der Waals surface area (Å²) in [5, 5.41) is 8.21. The van der Waals surface area contributed by atoms with Gasteiger partial charge >= 0.3 is 0 Å². The summed E-state index contributed by atoms with van der Waals surface area (Å²) in [5.41, 5.74) is 11.8. The quantitative estimate of drug-likeness (QED) is 0.657. The minimum absolute atomic E-state index is 0. The summed E-state index contributed by atoms with van der Waals surface area (Å²) in [6.45, 7) is 1.57. The van der Waals surface area contributed by atoms with Gasteiger partial charge in [-0.3, -0.25) is 15.6 Å². The Labute approximate surface area is 142 Å². The molecule has 0 aliphatic carbocycles. The van der Waals surface area contributed by atoms with Crippen LogP contribution in [-0.2, 0) is 4.79 Å². The van der Waals surface area contributed by atoms with Crippen LogP contribution >= 0.6 is 28.6 Å². The van der Waals surface area contributed by atoms with Gasteiger partial charge in [-0.15, -0.1) is 22.1 Å². The first-order valence-corrected chi connectivity index (χ1v) is 6.21. The first-order chi connectivity index (χ1) is 9.56. The number of halogens is 2. The second-order valence-corrected chi connectivity index (χ2v) is 4.51. The van der Waals surface area contributed by atoms with E-state index in [9.17, 15) is 4.79 Å². The van der Waals surface area contributed by atoms with Crippen molar-refractivity contribution in [3.8, 4) is 11.3 Å². The normalized spacial score (nSPS) is 10.7. The molecule has 22 heavy (non-hydrogen) atoms. The zero-order chi connectivity index (χ0) is 14.5. The Hall–Kier alpha value is -1.81. The summed E-state index contributed by atoms with van der Waals surface area (Å²) in [5.74, 6) is -0.197. The molecule has 10 heteroatoms. The molecule has 0 radical (unpaired) electrons. The highest BCUT2D eigenvalue weighted by Crippen LogP contribution is 2.19. The first-order valence-electron chi connectivity index (χ1n) is 5.83. The fourth-order valence-corrected chi connectivity index (χ4v) is 1.47. The number of hydrazine groups is 1. The van der Waals surface area contributed by atoms with Crippen LogP contribution in [-0.4, -0.2) is 32.6 Å². The maximum Gasteiger partial charge on any atom is 0.262 e. The van der Waals surface area contributed by atoms with E-state index in [1.165, 1.54) is 6.20 Å². The third-order valence-corrected chi connectivity index (χ3v) is 2.66. The van der Waals surface area contributed by atoms with Gasteiger partial charge in [0.2, 0.25) is 0 Å². The third-order valence-electron chi connectivity index (χ3n) is 2.41. The molecule has 8 nitrogen and oxygen atoms in total. The lowest BCUT2D eigenvalue weighted by atomic mass is 10.2. The molecule has 1 heterocycles. The standard InChI is InChI=1S/C12H13ClN6O.BrH.H2O/c1-7(14)11(20)17-19-12-16-10(6-15-18-12)8-2-4-9(13)5-3-8;;/h2-7H,14H2,1H3,(H,17,20)(H,16,18,19);1H;1H2. The molecule has 0 saturated carbocycles. The van der Waals surface area contributed by atoms with Gasteiger partial charge in [0.05, 0.1) is 17.9 Å². The largest absolute Gasteiger partial charge is 0.412 e. The summed E-state index contributed by atoms with van der Waals surface area (Å²) in [6, 6.07) is 6.51. The number of nitrogens with two attached hydrogens (primary N) is 1. The third kappa shape index (κ3) is 5.53. The SMILES string of the molecule is Br.CC(N)C(=O)NNc1nncc(-c2ccc(Cl)cc2)n1.O. The van der Waals surface area contributed by atoms with Gasteiger partial charge in [0, 0.05) is 10.6 Å². The lowest BCUT2D eigenvalue weighted by Crippen LogP contribution is -2.41. The monoisotopic (exact) mass is 390 g/mol. The van der Waals surface area contributed by atoms with Crippen LogP contribution in [0.2, 0.25) is 5.02 Å². The van der Waals surface area contributed by atoms with Crippen LogP contribution in [0.5, 0.6) is 0 Å². The molecule has 1 atom stereocenters. The van der Waals surface area contributed by atoms with Crippen molar-refractivity contribution in [2.75, 3.05) is 5.43 Å². The van der Waals surface area contributed by atoms with Gasteiger partial charge in [0.15, 0.2) is 0 Å². The molecule has 1 aromatic heterocycles. The van der Waals surface area contributed by atoms with Crippen molar-refractivity contribution in [1.29, 1.82) is 0 Å². The van der Waals surface area contributed by atoms with Gasteiger partial charge < -0.3 is 11.2 Å². The lowest BCUT2D eigenvalue weighted by Gasteiger charge is -2.09. The predicted molar refractivity (Wildman–Crippen MR) is 89.6 cm³/mol.